The standard InChI is InChI=1S/C15H23NO2/c1-15(2,3)10-13(14(17)18-4)16-11-12-8-6-5-7-9-12/h5-9,13,16H,10-11H2,1-4H3. The number of hydrogen-bond acceptors (Lipinski definition) is 3. The lowest BCUT2D eigenvalue weighted by Crippen LogP contribution is -2.40. The van der Waals surface area contributed by atoms with E-state index in [1.807, 2.05) is 30.3 Å². The van der Waals surface area contributed by atoms with E-state index in [4.69, 9.17) is 4.74 Å². The fraction of sp³-hybridized carbons (Fsp3) is 0.533. The van der Waals surface area contributed by atoms with E-state index < -0.39 is 0 Å². The van der Waals surface area contributed by atoms with Crippen LogP contribution >= 0.6 is 0 Å². The number of benzene rings is 1. The predicted octanol–water partition coefficient (Wildman–Crippen LogP) is 2.75. The number of carbonyl (C=O) groups is 1. The maximum Gasteiger partial charge on any atom is 0.322 e. The van der Waals surface area contributed by atoms with E-state index in [-0.39, 0.29) is 17.4 Å². The quantitative estimate of drug-likeness (QED) is 0.815. The lowest BCUT2D eigenvalue weighted by Gasteiger charge is -2.25. The van der Waals surface area contributed by atoms with Gasteiger partial charge in [0.15, 0.2) is 0 Å². The molecule has 1 aromatic rings. The van der Waals surface area contributed by atoms with E-state index in [1.54, 1.807) is 0 Å². The summed E-state index contributed by atoms with van der Waals surface area (Å²) in [5.41, 5.74) is 1.25. The number of nitrogens with one attached hydrogen (secondary N) is 1. The number of esters is 1. The van der Waals surface area contributed by atoms with E-state index >= 15 is 0 Å². The van der Waals surface area contributed by atoms with E-state index in [1.165, 1.54) is 12.7 Å². The van der Waals surface area contributed by atoms with Gasteiger partial charge < -0.3 is 10.1 Å². The molecule has 0 aliphatic carbocycles. The Balaban J connectivity index is 2.59. The van der Waals surface area contributed by atoms with Crippen molar-refractivity contribution in [3.63, 3.8) is 0 Å². The van der Waals surface area contributed by atoms with Crippen LogP contribution in [0, 0.1) is 5.41 Å². The van der Waals surface area contributed by atoms with Crippen molar-refractivity contribution in [3.05, 3.63) is 35.9 Å². The number of ether oxygens (including phenoxy) is 1. The maximum atomic E-state index is 11.7. The predicted molar refractivity (Wildman–Crippen MR) is 73.2 cm³/mol. The first-order valence-electron chi connectivity index (χ1n) is 6.27. The van der Waals surface area contributed by atoms with Gasteiger partial charge in [-0.15, -0.1) is 0 Å². The third kappa shape index (κ3) is 5.32. The maximum absolute atomic E-state index is 11.7. The Morgan fingerprint density at radius 3 is 2.39 bits per heavy atom. The van der Waals surface area contributed by atoms with Gasteiger partial charge in [-0.25, -0.2) is 0 Å². The van der Waals surface area contributed by atoms with Crippen molar-refractivity contribution in [1.82, 2.24) is 5.32 Å². The van der Waals surface area contributed by atoms with Gasteiger partial charge in [0, 0.05) is 6.54 Å². The second-order valence-electron chi connectivity index (χ2n) is 5.71. The molecule has 0 bridgehead atoms. The largest absolute Gasteiger partial charge is 0.468 e. The van der Waals surface area contributed by atoms with Gasteiger partial charge in [0.05, 0.1) is 7.11 Å². The first-order valence-corrected chi connectivity index (χ1v) is 6.27. The van der Waals surface area contributed by atoms with Crippen LogP contribution in [0.25, 0.3) is 0 Å². The van der Waals surface area contributed by atoms with Gasteiger partial charge in [-0.2, -0.15) is 0 Å². The third-order valence-electron chi connectivity index (χ3n) is 2.70. The lowest BCUT2D eigenvalue weighted by atomic mass is 9.88. The number of methoxy groups -OCH3 is 1. The molecule has 0 fully saturated rings. The van der Waals surface area contributed by atoms with Crippen LogP contribution in [0.5, 0.6) is 0 Å². The molecule has 0 amide bonds. The molecule has 0 aliphatic rings. The highest BCUT2D eigenvalue weighted by Gasteiger charge is 2.24. The minimum absolute atomic E-state index is 0.0859. The van der Waals surface area contributed by atoms with Gasteiger partial charge in [-0.05, 0) is 17.4 Å². The van der Waals surface area contributed by atoms with Crippen molar-refractivity contribution in [2.24, 2.45) is 5.41 Å². The molecule has 1 unspecified atom stereocenters. The molecule has 1 aromatic carbocycles. The van der Waals surface area contributed by atoms with Crippen molar-refractivity contribution in [2.45, 2.75) is 39.8 Å². The van der Waals surface area contributed by atoms with E-state index in [0.717, 1.165) is 6.42 Å². The lowest BCUT2D eigenvalue weighted by molar-refractivity contribution is -0.144. The molecule has 0 heterocycles. The molecule has 3 nitrogen and oxygen atoms in total. The van der Waals surface area contributed by atoms with Crippen molar-refractivity contribution < 1.29 is 9.53 Å². The molecule has 0 saturated heterocycles. The Kier molecular flexibility index (Phi) is 5.35. The van der Waals surface area contributed by atoms with Crippen LogP contribution in [-0.2, 0) is 16.1 Å². The normalized spacial score (nSPS) is 13.1. The number of rotatable bonds is 5. The Morgan fingerprint density at radius 2 is 1.89 bits per heavy atom. The molecular weight excluding hydrogens is 226 g/mol. The second-order valence-corrected chi connectivity index (χ2v) is 5.71. The first-order chi connectivity index (χ1) is 8.42. The van der Waals surface area contributed by atoms with Crippen molar-refractivity contribution in [3.8, 4) is 0 Å². The summed E-state index contributed by atoms with van der Waals surface area (Å²) in [4.78, 5) is 11.7. The third-order valence-corrected chi connectivity index (χ3v) is 2.70. The summed E-state index contributed by atoms with van der Waals surface area (Å²) in [7, 11) is 1.43. The van der Waals surface area contributed by atoms with Crippen LogP contribution in [0.1, 0.15) is 32.8 Å². The molecular formula is C15H23NO2. The summed E-state index contributed by atoms with van der Waals surface area (Å²) in [6.07, 6.45) is 0.756. The monoisotopic (exact) mass is 249 g/mol. The molecule has 0 saturated carbocycles. The van der Waals surface area contributed by atoms with E-state index in [0.29, 0.717) is 6.54 Å². The number of carbonyl (C=O) groups excluding carboxylic acids is 1. The number of hydrogen-bond donors (Lipinski definition) is 1. The van der Waals surface area contributed by atoms with Crippen LogP contribution in [0.3, 0.4) is 0 Å². The van der Waals surface area contributed by atoms with Gasteiger partial charge in [0.25, 0.3) is 0 Å². The van der Waals surface area contributed by atoms with Crippen molar-refractivity contribution >= 4 is 5.97 Å². The second kappa shape index (κ2) is 6.55. The van der Waals surface area contributed by atoms with Gasteiger partial charge in [-0.1, -0.05) is 51.1 Å². The molecule has 3 heteroatoms. The average molecular weight is 249 g/mol. The molecule has 0 spiro atoms. The van der Waals surface area contributed by atoms with Crippen LogP contribution in [0.2, 0.25) is 0 Å². The van der Waals surface area contributed by atoms with Crippen molar-refractivity contribution in [1.29, 1.82) is 0 Å². The molecule has 1 rings (SSSR count). The Morgan fingerprint density at radius 1 is 1.28 bits per heavy atom. The Labute approximate surface area is 110 Å². The Bertz CT molecular complexity index is 368. The molecule has 1 N–H and O–H groups in total. The highest BCUT2D eigenvalue weighted by atomic mass is 16.5. The summed E-state index contributed by atoms with van der Waals surface area (Å²) >= 11 is 0. The zero-order chi connectivity index (χ0) is 13.6. The highest BCUT2D eigenvalue weighted by Crippen LogP contribution is 2.21. The summed E-state index contributed by atoms with van der Waals surface area (Å²) in [5.74, 6) is -0.194. The van der Waals surface area contributed by atoms with Gasteiger partial charge in [0.2, 0.25) is 0 Å². The molecule has 0 radical (unpaired) electrons. The zero-order valence-corrected chi connectivity index (χ0v) is 11.7. The topological polar surface area (TPSA) is 38.3 Å². The van der Waals surface area contributed by atoms with E-state index in [9.17, 15) is 4.79 Å². The summed E-state index contributed by atoms with van der Waals surface area (Å²) in [6, 6.07) is 9.80. The smallest absolute Gasteiger partial charge is 0.322 e. The fourth-order valence-corrected chi connectivity index (χ4v) is 1.83. The molecule has 18 heavy (non-hydrogen) atoms. The van der Waals surface area contributed by atoms with Crippen LogP contribution in [-0.4, -0.2) is 19.1 Å². The molecule has 100 valence electrons. The molecule has 1 atom stereocenters. The SMILES string of the molecule is COC(=O)C(CC(C)(C)C)NCc1ccccc1. The average Bonchev–Trinajstić information content (AvgIpc) is 2.33. The highest BCUT2D eigenvalue weighted by molar-refractivity contribution is 5.75. The van der Waals surface area contributed by atoms with Gasteiger partial charge >= 0.3 is 5.97 Å². The van der Waals surface area contributed by atoms with Crippen LogP contribution in [0.4, 0.5) is 0 Å². The molecule has 0 aromatic heterocycles. The van der Waals surface area contributed by atoms with Gasteiger partial charge in [0.1, 0.15) is 6.04 Å². The van der Waals surface area contributed by atoms with Gasteiger partial charge in [-0.3, -0.25) is 4.79 Å². The molecule has 0 aliphatic heterocycles. The van der Waals surface area contributed by atoms with Crippen LogP contribution < -0.4 is 5.32 Å². The summed E-state index contributed by atoms with van der Waals surface area (Å²) in [6.45, 7) is 7.03. The van der Waals surface area contributed by atoms with Crippen molar-refractivity contribution in [2.75, 3.05) is 7.11 Å². The minimum Gasteiger partial charge on any atom is -0.468 e. The fourth-order valence-electron chi connectivity index (χ4n) is 1.83. The zero-order valence-electron chi connectivity index (χ0n) is 11.7. The Hall–Kier alpha value is -1.35. The van der Waals surface area contributed by atoms with Crippen LogP contribution in [0.15, 0.2) is 30.3 Å². The minimum atomic E-state index is -0.254. The summed E-state index contributed by atoms with van der Waals surface area (Å²) < 4.78 is 4.85. The summed E-state index contributed by atoms with van der Waals surface area (Å²) in [5, 5.41) is 3.27. The van der Waals surface area contributed by atoms with E-state index in [2.05, 4.69) is 26.1 Å². The first kappa shape index (κ1) is 14.7.